The number of nitrogens with one attached hydrogen (secondary N) is 2. The van der Waals surface area contributed by atoms with Crippen molar-refractivity contribution in [2.75, 3.05) is 7.11 Å². The number of methoxy groups -OCH3 is 1. The maximum atomic E-state index is 13.7. The molecule has 1 aromatic heterocycles. The van der Waals surface area contributed by atoms with Gasteiger partial charge in [0, 0.05) is 29.8 Å². The number of aryl methyl sites for hydroxylation is 1. The number of aromatic hydroxyl groups is 2. The molecule has 0 aliphatic heterocycles. The Morgan fingerprint density at radius 2 is 2.08 bits per heavy atom. The van der Waals surface area contributed by atoms with Crippen LogP contribution in [-0.2, 0) is 22.4 Å². The third-order valence-electron chi connectivity index (χ3n) is 7.16. The second-order valence-corrected chi connectivity index (χ2v) is 10.0. The van der Waals surface area contributed by atoms with Gasteiger partial charge in [0.1, 0.15) is 17.5 Å². The summed E-state index contributed by atoms with van der Waals surface area (Å²) in [4.78, 5) is 33.1. The number of allylic oxidation sites excluding steroid dienone is 3. The van der Waals surface area contributed by atoms with Crippen molar-refractivity contribution in [3.05, 3.63) is 64.8 Å². The van der Waals surface area contributed by atoms with Gasteiger partial charge in [-0.15, -0.1) is 0 Å². The SMILES string of the molecule is C=C(C)[C@H]1CCC(C)=C[C@@H]1c1c(O)cc(CCCCC)c(C(=O)N[C@@H](Cc2cnc[nH]2)C(=O)OC)c1O. The van der Waals surface area contributed by atoms with Crippen LogP contribution in [0.2, 0.25) is 0 Å². The number of amides is 1. The summed E-state index contributed by atoms with van der Waals surface area (Å²) in [7, 11) is 1.26. The molecule has 0 bridgehead atoms. The normalized spacial score (nSPS) is 18.1. The van der Waals surface area contributed by atoms with E-state index in [1.807, 2.05) is 19.9 Å². The lowest BCUT2D eigenvalue weighted by Crippen LogP contribution is -2.43. The number of ether oxygens (including phenoxy) is 1. The van der Waals surface area contributed by atoms with Crippen LogP contribution in [0.4, 0.5) is 0 Å². The number of carbonyl (C=O) groups excluding carboxylic acids is 2. The van der Waals surface area contributed by atoms with Crippen molar-refractivity contribution in [2.45, 2.75) is 77.7 Å². The van der Waals surface area contributed by atoms with E-state index in [0.717, 1.165) is 43.3 Å². The molecule has 1 aliphatic rings. The summed E-state index contributed by atoms with van der Waals surface area (Å²) in [5.74, 6) is -1.79. The van der Waals surface area contributed by atoms with Crippen molar-refractivity contribution in [2.24, 2.45) is 5.92 Å². The van der Waals surface area contributed by atoms with Crippen molar-refractivity contribution >= 4 is 11.9 Å². The minimum absolute atomic E-state index is 0.0190. The number of nitrogens with zero attached hydrogens (tertiary/aromatic N) is 1. The number of phenolic OH excluding ortho intramolecular Hbond substituents is 2. The topological polar surface area (TPSA) is 125 Å². The molecule has 0 unspecified atom stereocenters. The summed E-state index contributed by atoms with van der Waals surface area (Å²) < 4.78 is 4.92. The van der Waals surface area contributed by atoms with E-state index in [1.54, 1.807) is 12.3 Å². The number of imidazole rings is 1. The maximum Gasteiger partial charge on any atom is 0.328 e. The molecule has 0 saturated carbocycles. The number of aromatic nitrogens is 2. The fraction of sp³-hybridized carbons (Fsp3) is 0.483. The average molecular weight is 510 g/mol. The van der Waals surface area contributed by atoms with Crippen LogP contribution >= 0.6 is 0 Å². The molecule has 2 aromatic rings. The van der Waals surface area contributed by atoms with Gasteiger partial charge in [0.05, 0.1) is 19.0 Å². The lowest BCUT2D eigenvalue weighted by Gasteiger charge is -2.32. The fourth-order valence-corrected chi connectivity index (χ4v) is 5.16. The number of rotatable bonds is 11. The summed E-state index contributed by atoms with van der Waals surface area (Å²) in [5, 5.41) is 25.4. The van der Waals surface area contributed by atoms with E-state index < -0.39 is 17.9 Å². The third kappa shape index (κ3) is 6.61. The van der Waals surface area contributed by atoms with Gasteiger partial charge in [-0.2, -0.15) is 0 Å². The molecule has 1 heterocycles. The smallest absolute Gasteiger partial charge is 0.328 e. The molecule has 0 saturated heterocycles. The highest BCUT2D eigenvalue weighted by atomic mass is 16.5. The minimum atomic E-state index is -0.988. The lowest BCUT2D eigenvalue weighted by molar-refractivity contribution is -0.142. The zero-order valence-electron chi connectivity index (χ0n) is 22.3. The number of unbranched alkanes of at least 4 members (excludes halogenated alkanes) is 2. The summed E-state index contributed by atoms with van der Waals surface area (Å²) >= 11 is 0. The van der Waals surface area contributed by atoms with Crippen molar-refractivity contribution < 1.29 is 24.5 Å². The van der Waals surface area contributed by atoms with Gasteiger partial charge in [-0.3, -0.25) is 4.79 Å². The van der Waals surface area contributed by atoms with E-state index >= 15 is 0 Å². The van der Waals surface area contributed by atoms with Crippen LogP contribution in [0.25, 0.3) is 0 Å². The van der Waals surface area contributed by atoms with Gasteiger partial charge in [0.2, 0.25) is 0 Å². The Hall–Kier alpha value is -3.55. The third-order valence-corrected chi connectivity index (χ3v) is 7.16. The summed E-state index contributed by atoms with van der Waals surface area (Å²) in [5.41, 5.74) is 3.71. The standard InChI is InChI=1S/C29H39N3O5/c1-6-7-8-9-19-13-24(33)26(22-12-18(4)10-11-21(22)17(2)3)27(34)25(19)28(35)32-23(29(36)37-5)14-20-15-30-16-31-20/h12-13,15-16,21-23,33-34H,2,6-11,14H2,1,3-5H3,(H,30,31)(H,32,35)/t21-,22+,23+/m1/s1. The molecule has 37 heavy (non-hydrogen) atoms. The van der Waals surface area contributed by atoms with E-state index in [9.17, 15) is 19.8 Å². The number of hydrogen-bond acceptors (Lipinski definition) is 6. The highest BCUT2D eigenvalue weighted by molar-refractivity contribution is 6.01. The molecule has 4 N–H and O–H groups in total. The average Bonchev–Trinajstić information content (AvgIpc) is 3.36. The first kappa shape index (κ1) is 28.0. The number of esters is 1. The molecular formula is C29H39N3O5. The largest absolute Gasteiger partial charge is 0.507 e. The van der Waals surface area contributed by atoms with Crippen LogP contribution in [0, 0.1) is 5.92 Å². The number of phenols is 2. The second-order valence-electron chi connectivity index (χ2n) is 10.0. The maximum absolute atomic E-state index is 13.7. The van der Waals surface area contributed by atoms with Gasteiger partial charge in [-0.25, -0.2) is 9.78 Å². The van der Waals surface area contributed by atoms with Crippen molar-refractivity contribution in [3.8, 4) is 11.5 Å². The zero-order valence-corrected chi connectivity index (χ0v) is 22.3. The second kappa shape index (κ2) is 12.6. The first-order valence-corrected chi connectivity index (χ1v) is 12.9. The molecular weight excluding hydrogens is 470 g/mol. The number of benzene rings is 1. The highest BCUT2D eigenvalue weighted by Crippen LogP contribution is 2.48. The molecule has 3 rings (SSSR count). The number of hydrogen-bond donors (Lipinski definition) is 4. The van der Waals surface area contributed by atoms with Crippen molar-refractivity contribution in [1.82, 2.24) is 15.3 Å². The monoisotopic (exact) mass is 509 g/mol. The molecule has 200 valence electrons. The molecule has 1 aromatic carbocycles. The molecule has 1 amide bonds. The Bertz CT molecular complexity index is 1150. The first-order chi connectivity index (χ1) is 17.7. The fourth-order valence-electron chi connectivity index (χ4n) is 5.16. The van der Waals surface area contributed by atoms with E-state index in [0.29, 0.717) is 23.2 Å². The Labute approximate surface area is 218 Å². The molecule has 0 radical (unpaired) electrons. The van der Waals surface area contributed by atoms with Gasteiger partial charge in [-0.1, -0.05) is 43.6 Å². The molecule has 8 nitrogen and oxygen atoms in total. The summed E-state index contributed by atoms with van der Waals surface area (Å²) in [6.07, 6.45) is 10.2. The highest BCUT2D eigenvalue weighted by Gasteiger charge is 2.34. The first-order valence-electron chi connectivity index (χ1n) is 12.9. The van der Waals surface area contributed by atoms with Crippen LogP contribution in [-0.4, -0.2) is 45.2 Å². The summed E-state index contributed by atoms with van der Waals surface area (Å²) in [6, 6.07) is 0.604. The predicted molar refractivity (Wildman–Crippen MR) is 143 cm³/mol. The van der Waals surface area contributed by atoms with Gasteiger partial charge >= 0.3 is 5.97 Å². The van der Waals surface area contributed by atoms with Crippen molar-refractivity contribution in [3.63, 3.8) is 0 Å². The molecule has 0 spiro atoms. The van der Waals surface area contributed by atoms with Gasteiger partial charge in [0.25, 0.3) is 5.91 Å². The van der Waals surface area contributed by atoms with E-state index in [4.69, 9.17) is 4.74 Å². The Balaban J connectivity index is 2.07. The number of aromatic amines is 1. The van der Waals surface area contributed by atoms with Gasteiger partial charge < -0.3 is 25.3 Å². The van der Waals surface area contributed by atoms with E-state index in [-0.39, 0.29) is 35.3 Å². The van der Waals surface area contributed by atoms with Crippen LogP contribution in [0.1, 0.15) is 86.0 Å². The number of H-pyrrole nitrogens is 1. The number of carbonyl (C=O) groups is 2. The Kier molecular flexibility index (Phi) is 9.55. The van der Waals surface area contributed by atoms with Crippen molar-refractivity contribution in [1.29, 1.82) is 0 Å². The molecule has 3 atom stereocenters. The lowest BCUT2D eigenvalue weighted by atomic mass is 9.73. The van der Waals surface area contributed by atoms with Crippen LogP contribution < -0.4 is 5.32 Å². The minimum Gasteiger partial charge on any atom is -0.507 e. The van der Waals surface area contributed by atoms with Crippen LogP contribution in [0.5, 0.6) is 11.5 Å². The quantitative estimate of drug-likeness (QED) is 0.190. The predicted octanol–water partition coefficient (Wildman–Crippen LogP) is 5.08. The van der Waals surface area contributed by atoms with E-state index in [2.05, 4.69) is 28.8 Å². The van der Waals surface area contributed by atoms with Gasteiger partial charge in [-0.05, 0) is 57.1 Å². The van der Waals surface area contributed by atoms with Crippen LogP contribution in [0.3, 0.4) is 0 Å². The van der Waals surface area contributed by atoms with Crippen LogP contribution in [0.15, 0.2) is 42.4 Å². The summed E-state index contributed by atoms with van der Waals surface area (Å²) in [6.45, 7) is 10.2. The van der Waals surface area contributed by atoms with E-state index in [1.165, 1.54) is 13.4 Å². The zero-order chi connectivity index (χ0) is 27.1. The Morgan fingerprint density at radius 3 is 2.70 bits per heavy atom. The molecule has 1 aliphatic carbocycles. The molecule has 8 heteroatoms. The van der Waals surface area contributed by atoms with Gasteiger partial charge in [0.15, 0.2) is 0 Å². The Morgan fingerprint density at radius 1 is 1.32 bits per heavy atom. The molecule has 0 fully saturated rings.